The van der Waals surface area contributed by atoms with E-state index in [-0.39, 0.29) is 18.4 Å². The molecule has 21 heavy (non-hydrogen) atoms. The fourth-order valence-corrected chi connectivity index (χ4v) is 1.89. The zero-order chi connectivity index (χ0) is 15.7. The first-order valence-electron chi connectivity index (χ1n) is 7.21. The van der Waals surface area contributed by atoms with Crippen LogP contribution in [-0.4, -0.2) is 57.9 Å². The highest BCUT2D eigenvalue weighted by Crippen LogP contribution is 1.99. The van der Waals surface area contributed by atoms with Crippen molar-refractivity contribution in [3.8, 4) is 0 Å². The molecule has 0 aromatic carbocycles. The summed E-state index contributed by atoms with van der Waals surface area (Å²) < 4.78 is 1.39. The van der Waals surface area contributed by atoms with Crippen LogP contribution in [0.4, 0.5) is 5.82 Å². The minimum atomic E-state index is -0.220. The number of anilines is 1. The molecule has 1 heterocycles. The van der Waals surface area contributed by atoms with Crippen LogP contribution in [0.15, 0.2) is 6.20 Å². The van der Waals surface area contributed by atoms with E-state index in [0.29, 0.717) is 12.4 Å². The maximum Gasteiger partial charge on any atom is 0.241 e. The fourth-order valence-electron chi connectivity index (χ4n) is 1.89. The third-order valence-corrected chi connectivity index (χ3v) is 3.02. The second-order valence-corrected chi connectivity index (χ2v) is 4.71. The SMILES string of the molecule is CCN(CC)CCCNC(=O)Cn1cc(NC(C)=O)nn1. The summed E-state index contributed by atoms with van der Waals surface area (Å²) in [6.45, 7) is 9.40. The van der Waals surface area contributed by atoms with Gasteiger partial charge < -0.3 is 15.5 Å². The number of aromatic nitrogens is 3. The summed E-state index contributed by atoms with van der Waals surface area (Å²) >= 11 is 0. The van der Waals surface area contributed by atoms with Crippen LogP contribution in [0.1, 0.15) is 27.2 Å². The highest BCUT2D eigenvalue weighted by Gasteiger charge is 2.06. The van der Waals surface area contributed by atoms with Crippen LogP contribution in [0.3, 0.4) is 0 Å². The Morgan fingerprint density at radius 2 is 2.05 bits per heavy atom. The molecule has 0 fully saturated rings. The summed E-state index contributed by atoms with van der Waals surface area (Å²) in [5.41, 5.74) is 0. The Bertz CT molecular complexity index is 455. The van der Waals surface area contributed by atoms with Gasteiger partial charge in [0.15, 0.2) is 5.82 Å². The second-order valence-electron chi connectivity index (χ2n) is 4.71. The molecule has 1 aromatic heterocycles. The molecule has 2 amide bonds. The van der Waals surface area contributed by atoms with Gasteiger partial charge in [-0.1, -0.05) is 19.1 Å². The first-order chi connectivity index (χ1) is 10.0. The second kappa shape index (κ2) is 9.06. The lowest BCUT2D eigenvalue weighted by molar-refractivity contribution is -0.121. The van der Waals surface area contributed by atoms with Gasteiger partial charge in [-0.3, -0.25) is 9.59 Å². The number of nitrogens with zero attached hydrogens (tertiary/aromatic N) is 4. The summed E-state index contributed by atoms with van der Waals surface area (Å²) in [6.07, 6.45) is 2.44. The molecule has 0 bridgehead atoms. The minimum Gasteiger partial charge on any atom is -0.354 e. The summed E-state index contributed by atoms with van der Waals surface area (Å²) in [5, 5.41) is 12.9. The van der Waals surface area contributed by atoms with Gasteiger partial charge in [0.2, 0.25) is 11.8 Å². The summed E-state index contributed by atoms with van der Waals surface area (Å²) in [6, 6.07) is 0. The number of hydrogen-bond donors (Lipinski definition) is 2. The molecular formula is C13H24N6O2. The molecule has 0 aliphatic heterocycles. The minimum absolute atomic E-state index is 0.0951. The Morgan fingerprint density at radius 1 is 1.33 bits per heavy atom. The topological polar surface area (TPSA) is 92.2 Å². The molecule has 0 aliphatic carbocycles. The van der Waals surface area contributed by atoms with E-state index in [4.69, 9.17) is 0 Å². The molecule has 118 valence electrons. The largest absolute Gasteiger partial charge is 0.354 e. The van der Waals surface area contributed by atoms with Crippen LogP contribution in [0.2, 0.25) is 0 Å². The van der Waals surface area contributed by atoms with E-state index in [1.165, 1.54) is 17.8 Å². The standard InChI is InChI=1S/C13H24N6O2/c1-4-18(5-2)8-6-7-14-13(21)10-19-9-12(16-17-19)15-11(3)20/h9H,4-8,10H2,1-3H3,(H,14,21)(H,15,20). The number of rotatable bonds is 9. The van der Waals surface area contributed by atoms with Crippen molar-refractivity contribution in [1.29, 1.82) is 0 Å². The van der Waals surface area contributed by atoms with E-state index in [0.717, 1.165) is 26.1 Å². The molecule has 0 unspecified atom stereocenters. The highest BCUT2D eigenvalue weighted by molar-refractivity contribution is 5.87. The monoisotopic (exact) mass is 296 g/mol. The maximum atomic E-state index is 11.7. The molecule has 0 saturated heterocycles. The summed E-state index contributed by atoms with van der Waals surface area (Å²) in [7, 11) is 0. The van der Waals surface area contributed by atoms with Crippen molar-refractivity contribution in [3.63, 3.8) is 0 Å². The first-order valence-corrected chi connectivity index (χ1v) is 7.21. The molecule has 8 heteroatoms. The molecule has 0 spiro atoms. The van der Waals surface area contributed by atoms with Gasteiger partial charge in [-0.2, -0.15) is 0 Å². The van der Waals surface area contributed by atoms with Crippen LogP contribution in [0.5, 0.6) is 0 Å². The molecule has 2 N–H and O–H groups in total. The lowest BCUT2D eigenvalue weighted by Gasteiger charge is -2.17. The molecule has 1 rings (SSSR count). The van der Waals surface area contributed by atoms with Crippen LogP contribution in [0, 0.1) is 0 Å². The Morgan fingerprint density at radius 3 is 2.67 bits per heavy atom. The fraction of sp³-hybridized carbons (Fsp3) is 0.692. The average molecular weight is 296 g/mol. The molecule has 0 saturated carbocycles. The number of carbonyl (C=O) groups excluding carboxylic acids is 2. The van der Waals surface area contributed by atoms with Gasteiger partial charge in [-0.25, -0.2) is 4.68 Å². The molecule has 0 aliphatic rings. The predicted octanol–water partition coefficient (Wildman–Crippen LogP) is 0.0846. The molecule has 1 aromatic rings. The predicted molar refractivity (Wildman–Crippen MR) is 79.7 cm³/mol. The van der Waals surface area contributed by atoms with Gasteiger partial charge in [-0.15, -0.1) is 5.10 Å². The van der Waals surface area contributed by atoms with Crippen LogP contribution < -0.4 is 10.6 Å². The van der Waals surface area contributed by atoms with Crippen molar-refractivity contribution >= 4 is 17.6 Å². The van der Waals surface area contributed by atoms with Crippen molar-refractivity contribution in [2.75, 3.05) is 31.5 Å². The van der Waals surface area contributed by atoms with E-state index in [1.54, 1.807) is 0 Å². The molecular weight excluding hydrogens is 272 g/mol. The van der Waals surface area contributed by atoms with Crippen LogP contribution in [0.25, 0.3) is 0 Å². The number of nitrogens with one attached hydrogen (secondary N) is 2. The van der Waals surface area contributed by atoms with Crippen molar-refractivity contribution in [2.24, 2.45) is 0 Å². The Labute approximate surface area is 124 Å². The van der Waals surface area contributed by atoms with Gasteiger partial charge in [-0.05, 0) is 26.1 Å². The Kier molecular flexibility index (Phi) is 7.38. The molecule has 0 radical (unpaired) electrons. The van der Waals surface area contributed by atoms with Crippen molar-refractivity contribution in [1.82, 2.24) is 25.2 Å². The third kappa shape index (κ3) is 6.84. The van der Waals surface area contributed by atoms with E-state index >= 15 is 0 Å². The molecule has 8 nitrogen and oxygen atoms in total. The Balaban J connectivity index is 2.24. The quantitative estimate of drug-likeness (QED) is 0.630. The first kappa shape index (κ1) is 17.1. The van der Waals surface area contributed by atoms with Gasteiger partial charge >= 0.3 is 0 Å². The average Bonchev–Trinajstić information content (AvgIpc) is 2.85. The lowest BCUT2D eigenvalue weighted by Crippen LogP contribution is -2.31. The summed E-state index contributed by atoms with van der Waals surface area (Å²) in [5.74, 6) is 0.00793. The van der Waals surface area contributed by atoms with Crippen molar-refractivity contribution in [3.05, 3.63) is 6.20 Å². The van der Waals surface area contributed by atoms with E-state index in [9.17, 15) is 9.59 Å². The smallest absolute Gasteiger partial charge is 0.241 e. The summed E-state index contributed by atoms with van der Waals surface area (Å²) in [4.78, 5) is 24.9. The number of carbonyl (C=O) groups is 2. The van der Waals surface area contributed by atoms with Gasteiger partial charge in [0, 0.05) is 13.5 Å². The number of hydrogen-bond acceptors (Lipinski definition) is 5. The van der Waals surface area contributed by atoms with Crippen LogP contribution in [-0.2, 0) is 16.1 Å². The van der Waals surface area contributed by atoms with E-state index < -0.39 is 0 Å². The zero-order valence-electron chi connectivity index (χ0n) is 12.9. The normalized spacial score (nSPS) is 10.7. The highest BCUT2D eigenvalue weighted by atomic mass is 16.2. The van der Waals surface area contributed by atoms with Gasteiger partial charge in [0.25, 0.3) is 0 Å². The van der Waals surface area contributed by atoms with Crippen molar-refractivity contribution in [2.45, 2.75) is 33.7 Å². The van der Waals surface area contributed by atoms with E-state index in [1.807, 2.05) is 0 Å². The van der Waals surface area contributed by atoms with Crippen molar-refractivity contribution < 1.29 is 9.59 Å². The van der Waals surface area contributed by atoms with Crippen LogP contribution >= 0.6 is 0 Å². The van der Waals surface area contributed by atoms with Gasteiger partial charge in [0.05, 0.1) is 6.20 Å². The zero-order valence-corrected chi connectivity index (χ0v) is 12.9. The molecule has 0 atom stereocenters. The van der Waals surface area contributed by atoms with Gasteiger partial charge in [0.1, 0.15) is 6.54 Å². The lowest BCUT2D eigenvalue weighted by atomic mass is 10.3. The third-order valence-electron chi connectivity index (χ3n) is 3.02. The number of amides is 2. The Hall–Kier alpha value is -1.96. The van der Waals surface area contributed by atoms with E-state index in [2.05, 4.69) is 39.7 Å². The maximum absolute atomic E-state index is 11.7.